The molecule has 3 rings (SSSR count). The molecule has 0 bridgehead atoms. The first-order chi connectivity index (χ1) is 15.6. The van der Waals surface area contributed by atoms with E-state index in [0.717, 1.165) is 16.4 Å². The second-order valence-electron chi connectivity index (χ2n) is 7.55. The summed E-state index contributed by atoms with van der Waals surface area (Å²) in [7, 11) is -2.63. The number of halogens is 2. The van der Waals surface area contributed by atoms with Crippen LogP contribution in [0.2, 0.25) is 0 Å². The van der Waals surface area contributed by atoms with Crippen LogP contribution in [0.3, 0.4) is 0 Å². The molecule has 0 radical (unpaired) electrons. The van der Waals surface area contributed by atoms with Crippen molar-refractivity contribution in [2.24, 2.45) is 5.92 Å². The van der Waals surface area contributed by atoms with Crippen molar-refractivity contribution >= 4 is 33.4 Å². The summed E-state index contributed by atoms with van der Waals surface area (Å²) in [6.45, 7) is 2.00. The highest BCUT2D eigenvalue weighted by atomic mass is 32.2. The Bertz CT molecular complexity index is 1120. The molecular weight excluding hydrogens is 456 g/mol. The largest absolute Gasteiger partial charge is 0.449 e. The molecule has 0 unspecified atom stereocenters. The van der Waals surface area contributed by atoms with Gasteiger partial charge in [-0.15, -0.1) is 0 Å². The average molecular weight is 482 g/mol. The summed E-state index contributed by atoms with van der Waals surface area (Å²) in [5.74, 6) is -2.57. The average Bonchev–Trinajstić information content (AvgIpc) is 2.80. The van der Waals surface area contributed by atoms with E-state index < -0.39 is 38.6 Å². The molecule has 0 aliphatic carbocycles. The third kappa shape index (κ3) is 5.66. The quantitative estimate of drug-likeness (QED) is 0.680. The number of benzene rings is 2. The molecule has 0 saturated carbocycles. The zero-order valence-corrected chi connectivity index (χ0v) is 19.1. The normalized spacial score (nSPS) is 15.2. The minimum Gasteiger partial charge on any atom is -0.449 e. The molecule has 1 aliphatic heterocycles. The Morgan fingerprint density at radius 1 is 1.12 bits per heavy atom. The molecule has 178 valence electrons. The van der Waals surface area contributed by atoms with Crippen LogP contribution in [0.15, 0.2) is 47.4 Å². The molecule has 1 aliphatic rings. The monoisotopic (exact) mass is 481 g/mol. The molecule has 8 nitrogen and oxygen atoms in total. The number of nitrogens with zero attached hydrogens (tertiary/aromatic N) is 2. The second-order valence-corrected chi connectivity index (χ2v) is 9.45. The van der Waals surface area contributed by atoms with Crippen LogP contribution in [-0.2, 0) is 19.6 Å². The first kappa shape index (κ1) is 24.6. The Hall–Kier alpha value is -3.05. The zero-order chi connectivity index (χ0) is 24.2. The molecule has 1 saturated heterocycles. The lowest BCUT2D eigenvalue weighted by Gasteiger charge is -2.30. The van der Waals surface area contributed by atoms with Crippen molar-refractivity contribution in [2.45, 2.75) is 24.7 Å². The topological polar surface area (TPSA) is 96.0 Å². The van der Waals surface area contributed by atoms with Crippen LogP contribution < -0.4 is 10.2 Å². The fourth-order valence-corrected chi connectivity index (χ4v) is 5.06. The number of hydrogen-bond acceptors (Lipinski definition) is 5. The van der Waals surface area contributed by atoms with E-state index in [0.29, 0.717) is 17.4 Å². The van der Waals surface area contributed by atoms with Gasteiger partial charge in [0.2, 0.25) is 15.9 Å². The highest BCUT2D eigenvalue weighted by molar-refractivity contribution is 7.89. The van der Waals surface area contributed by atoms with Crippen molar-refractivity contribution in [1.29, 1.82) is 0 Å². The van der Waals surface area contributed by atoms with Crippen LogP contribution in [-0.4, -0.2) is 51.5 Å². The number of nitrogens with one attached hydrogen (secondary N) is 1. The summed E-state index contributed by atoms with van der Waals surface area (Å²) in [6.07, 6.45) is -0.00807. The van der Waals surface area contributed by atoms with E-state index in [-0.39, 0.29) is 38.4 Å². The summed E-state index contributed by atoms with van der Waals surface area (Å²) >= 11 is 0. The minimum absolute atomic E-state index is 0.0135. The van der Waals surface area contributed by atoms with Crippen LogP contribution in [0.4, 0.5) is 25.0 Å². The molecular formula is C22H25F2N3O5S. The standard InChI is InChI=1S/C22H25F2N3O5S/c1-3-32-22(29)26(2)18-7-5-17(6-8-18)25-21(28)15-10-12-27(13-11-15)33(30,31)20-14-16(23)4-9-19(20)24/h4-9,14-15H,3,10-13H2,1-2H3,(H,25,28). The molecule has 33 heavy (non-hydrogen) atoms. The van der Waals surface area contributed by atoms with E-state index >= 15 is 0 Å². The Labute approximate surface area is 191 Å². The number of hydrogen-bond donors (Lipinski definition) is 1. The molecule has 2 aromatic rings. The van der Waals surface area contributed by atoms with Gasteiger partial charge in [-0.25, -0.2) is 22.0 Å². The fourth-order valence-electron chi connectivity index (χ4n) is 3.51. The fraction of sp³-hybridized carbons (Fsp3) is 0.364. The minimum atomic E-state index is -4.20. The van der Waals surface area contributed by atoms with Crippen LogP contribution in [0.1, 0.15) is 19.8 Å². The van der Waals surface area contributed by atoms with Gasteiger partial charge in [0, 0.05) is 37.4 Å². The molecule has 1 fully saturated rings. The van der Waals surface area contributed by atoms with E-state index in [9.17, 15) is 26.8 Å². The Kier molecular flexibility index (Phi) is 7.65. The van der Waals surface area contributed by atoms with E-state index in [1.54, 1.807) is 38.2 Å². The number of amides is 2. The van der Waals surface area contributed by atoms with Crippen LogP contribution in [0.5, 0.6) is 0 Å². The van der Waals surface area contributed by atoms with Crippen molar-refractivity contribution in [3.8, 4) is 0 Å². The molecule has 2 aromatic carbocycles. The number of carbonyl (C=O) groups is 2. The van der Waals surface area contributed by atoms with Gasteiger partial charge in [-0.2, -0.15) is 4.31 Å². The van der Waals surface area contributed by atoms with E-state index in [1.165, 1.54) is 4.90 Å². The smallest absolute Gasteiger partial charge is 0.413 e. The second kappa shape index (κ2) is 10.3. The Morgan fingerprint density at radius 2 is 1.76 bits per heavy atom. The highest BCUT2D eigenvalue weighted by Gasteiger charge is 2.33. The van der Waals surface area contributed by atoms with Gasteiger partial charge in [0.15, 0.2) is 0 Å². The predicted octanol–water partition coefficient (Wildman–Crippen LogP) is 3.60. The van der Waals surface area contributed by atoms with Crippen molar-refractivity contribution < 1.29 is 31.5 Å². The van der Waals surface area contributed by atoms with Crippen molar-refractivity contribution in [3.05, 3.63) is 54.1 Å². The van der Waals surface area contributed by atoms with E-state index in [1.807, 2.05) is 0 Å². The van der Waals surface area contributed by atoms with Crippen molar-refractivity contribution in [2.75, 3.05) is 37.0 Å². The summed E-state index contributed by atoms with van der Waals surface area (Å²) in [6, 6.07) is 8.91. The summed E-state index contributed by atoms with van der Waals surface area (Å²) in [4.78, 5) is 25.0. The van der Waals surface area contributed by atoms with Gasteiger partial charge in [0.1, 0.15) is 16.5 Å². The number of anilines is 2. The molecule has 0 atom stereocenters. The third-order valence-electron chi connectivity index (χ3n) is 5.40. The maximum atomic E-state index is 14.0. The lowest BCUT2D eigenvalue weighted by atomic mass is 9.97. The van der Waals surface area contributed by atoms with Crippen LogP contribution >= 0.6 is 0 Å². The molecule has 2 amide bonds. The van der Waals surface area contributed by atoms with E-state index in [2.05, 4.69) is 5.32 Å². The van der Waals surface area contributed by atoms with Crippen molar-refractivity contribution in [1.82, 2.24) is 4.31 Å². The molecule has 0 spiro atoms. The van der Waals surface area contributed by atoms with Gasteiger partial charge < -0.3 is 10.1 Å². The van der Waals surface area contributed by atoms with E-state index in [4.69, 9.17) is 4.74 Å². The van der Waals surface area contributed by atoms with Crippen LogP contribution in [0, 0.1) is 17.6 Å². The Morgan fingerprint density at radius 3 is 2.36 bits per heavy atom. The Balaban J connectivity index is 1.58. The first-order valence-corrected chi connectivity index (χ1v) is 11.8. The van der Waals surface area contributed by atoms with Gasteiger partial charge in [-0.3, -0.25) is 9.69 Å². The number of piperidine rings is 1. The predicted molar refractivity (Wildman–Crippen MR) is 118 cm³/mol. The molecule has 0 aromatic heterocycles. The lowest BCUT2D eigenvalue weighted by molar-refractivity contribution is -0.120. The van der Waals surface area contributed by atoms with Gasteiger partial charge in [0.05, 0.1) is 6.61 Å². The molecule has 1 heterocycles. The molecule has 11 heteroatoms. The lowest BCUT2D eigenvalue weighted by Crippen LogP contribution is -2.41. The van der Waals surface area contributed by atoms with Crippen molar-refractivity contribution in [3.63, 3.8) is 0 Å². The summed E-state index contributed by atoms with van der Waals surface area (Å²) in [5, 5.41) is 2.78. The van der Waals surface area contributed by atoms with Gasteiger partial charge in [-0.05, 0) is 62.2 Å². The number of carbonyl (C=O) groups excluding carboxylic acids is 2. The highest BCUT2D eigenvalue weighted by Crippen LogP contribution is 2.27. The maximum absolute atomic E-state index is 14.0. The maximum Gasteiger partial charge on any atom is 0.413 e. The van der Waals surface area contributed by atoms with Gasteiger partial charge >= 0.3 is 6.09 Å². The summed E-state index contributed by atoms with van der Waals surface area (Å²) in [5.41, 5.74) is 1.12. The third-order valence-corrected chi connectivity index (χ3v) is 7.31. The first-order valence-electron chi connectivity index (χ1n) is 10.4. The zero-order valence-electron chi connectivity index (χ0n) is 18.3. The number of rotatable bonds is 6. The number of ether oxygens (including phenoxy) is 1. The summed E-state index contributed by atoms with van der Waals surface area (Å²) < 4.78 is 58.8. The SMILES string of the molecule is CCOC(=O)N(C)c1ccc(NC(=O)C2CCN(S(=O)(=O)c3cc(F)ccc3F)CC2)cc1. The van der Waals surface area contributed by atoms with Gasteiger partial charge in [-0.1, -0.05) is 0 Å². The molecule has 1 N–H and O–H groups in total. The number of sulfonamides is 1. The van der Waals surface area contributed by atoms with Gasteiger partial charge in [0.25, 0.3) is 0 Å². The van der Waals surface area contributed by atoms with Crippen LogP contribution in [0.25, 0.3) is 0 Å².